The van der Waals surface area contributed by atoms with Gasteiger partial charge in [0.05, 0.1) is 0 Å². The van der Waals surface area contributed by atoms with E-state index >= 15 is 0 Å². The Bertz CT molecular complexity index is 598. The SMILES string of the molecule is CCC1=NN(C(=O)c2cccc(C)c2)[C@](O)(C(F)(F)F)C1. The van der Waals surface area contributed by atoms with Crippen LogP contribution in [0.1, 0.15) is 35.7 Å². The van der Waals surface area contributed by atoms with Crippen LogP contribution in [0.5, 0.6) is 0 Å². The third-order valence-electron chi connectivity index (χ3n) is 3.36. The molecule has 114 valence electrons. The molecule has 1 heterocycles. The fourth-order valence-electron chi connectivity index (χ4n) is 2.15. The summed E-state index contributed by atoms with van der Waals surface area (Å²) in [5.74, 6) is -0.970. The van der Waals surface area contributed by atoms with Gasteiger partial charge >= 0.3 is 6.18 Å². The maximum absolute atomic E-state index is 13.1. The summed E-state index contributed by atoms with van der Waals surface area (Å²) >= 11 is 0. The molecule has 0 spiro atoms. The number of carbonyl (C=O) groups is 1. The first-order valence-corrected chi connectivity index (χ1v) is 6.45. The van der Waals surface area contributed by atoms with E-state index in [9.17, 15) is 23.1 Å². The highest BCUT2D eigenvalue weighted by molar-refractivity contribution is 5.98. The third kappa shape index (κ3) is 2.65. The van der Waals surface area contributed by atoms with Gasteiger partial charge in [0, 0.05) is 17.7 Å². The van der Waals surface area contributed by atoms with E-state index in [-0.39, 0.29) is 22.7 Å². The summed E-state index contributed by atoms with van der Waals surface area (Å²) in [5.41, 5.74) is -2.36. The molecule has 1 aromatic carbocycles. The summed E-state index contributed by atoms with van der Waals surface area (Å²) in [6.07, 6.45) is -5.46. The van der Waals surface area contributed by atoms with Gasteiger partial charge in [-0.05, 0) is 25.5 Å². The van der Waals surface area contributed by atoms with Crippen LogP contribution in [0.3, 0.4) is 0 Å². The molecule has 4 nitrogen and oxygen atoms in total. The second-order valence-electron chi connectivity index (χ2n) is 5.00. The highest BCUT2D eigenvalue weighted by Gasteiger charge is 2.63. The van der Waals surface area contributed by atoms with Crippen LogP contribution in [0, 0.1) is 6.92 Å². The van der Waals surface area contributed by atoms with Gasteiger partial charge in [0.2, 0.25) is 0 Å². The lowest BCUT2D eigenvalue weighted by molar-refractivity contribution is -0.297. The molecular weight excluding hydrogens is 285 g/mol. The second kappa shape index (κ2) is 5.14. The van der Waals surface area contributed by atoms with Gasteiger partial charge < -0.3 is 5.11 Å². The average Bonchev–Trinajstić information content (AvgIpc) is 2.76. The molecule has 1 atom stereocenters. The molecule has 0 fully saturated rings. The summed E-state index contributed by atoms with van der Waals surface area (Å²) in [6, 6.07) is 6.14. The van der Waals surface area contributed by atoms with Crippen LogP contribution < -0.4 is 0 Å². The number of aryl methyl sites for hydroxylation is 1. The number of halogens is 3. The topological polar surface area (TPSA) is 52.9 Å². The average molecular weight is 300 g/mol. The lowest BCUT2D eigenvalue weighted by atomic mass is 10.0. The van der Waals surface area contributed by atoms with Crippen LogP contribution >= 0.6 is 0 Å². The maximum Gasteiger partial charge on any atom is 0.438 e. The minimum atomic E-state index is -4.98. The first-order chi connectivity index (χ1) is 9.69. The predicted octanol–water partition coefficient (Wildman–Crippen LogP) is 2.86. The van der Waals surface area contributed by atoms with Gasteiger partial charge in [0.25, 0.3) is 11.6 Å². The Kier molecular flexibility index (Phi) is 3.79. The van der Waals surface area contributed by atoms with Crippen molar-refractivity contribution in [2.24, 2.45) is 5.10 Å². The molecule has 7 heteroatoms. The van der Waals surface area contributed by atoms with Crippen LogP contribution in [0.25, 0.3) is 0 Å². The van der Waals surface area contributed by atoms with Gasteiger partial charge in [-0.15, -0.1) is 0 Å². The first kappa shape index (κ1) is 15.5. The van der Waals surface area contributed by atoms with Crippen molar-refractivity contribution in [3.8, 4) is 0 Å². The van der Waals surface area contributed by atoms with Gasteiger partial charge in [-0.2, -0.15) is 23.3 Å². The van der Waals surface area contributed by atoms with E-state index in [4.69, 9.17) is 0 Å². The Hall–Kier alpha value is -1.89. The standard InChI is InChI=1S/C14H15F3N2O2/c1-3-11-8-13(21,14(15,16)17)19(18-11)12(20)10-6-4-5-9(2)7-10/h4-7,21H,3,8H2,1-2H3/t13-/m1/s1. The number of hydrogen-bond donors (Lipinski definition) is 1. The Labute approximate surface area is 119 Å². The lowest BCUT2D eigenvalue weighted by Crippen LogP contribution is -2.56. The number of carbonyl (C=O) groups excluding carboxylic acids is 1. The number of benzene rings is 1. The first-order valence-electron chi connectivity index (χ1n) is 6.45. The Morgan fingerprint density at radius 3 is 2.67 bits per heavy atom. The minimum Gasteiger partial charge on any atom is -0.362 e. The zero-order valence-corrected chi connectivity index (χ0v) is 11.6. The molecule has 2 rings (SSSR count). The predicted molar refractivity (Wildman–Crippen MR) is 70.7 cm³/mol. The van der Waals surface area contributed by atoms with Crippen LogP contribution in [0.2, 0.25) is 0 Å². The van der Waals surface area contributed by atoms with Gasteiger partial charge in [-0.25, -0.2) is 0 Å². The van der Waals surface area contributed by atoms with E-state index in [1.54, 1.807) is 26.0 Å². The Morgan fingerprint density at radius 1 is 1.48 bits per heavy atom. The molecular formula is C14H15F3N2O2. The number of rotatable bonds is 2. The van der Waals surface area contributed by atoms with E-state index in [1.807, 2.05) is 0 Å². The monoisotopic (exact) mass is 300 g/mol. The van der Waals surface area contributed by atoms with Crippen LogP contribution in [-0.4, -0.2) is 33.6 Å². The van der Waals surface area contributed by atoms with Crippen LogP contribution in [0.4, 0.5) is 13.2 Å². The molecule has 1 aromatic rings. The molecule has 0 aliphatic carbocycles. The third-order valence-corrected chi connectivity index (χ3v) is 3.36. The maximum atomic E-state index is 13.1. The minimum absolute atomic E-state index is 0.0544. The second-order valence-corrected chi connectivity index (χ2v) is 5.00. The fraction of sp³-hybridized carbons (Fsp3) is 0.429. The zero-order chi connectivity index (χ0) is 15.8. The van der Waals surface area contributed by atoms with Crippen LogP contribution in [0.15, 0.2) is 29.4 Å². The van der Waals surface area contributed by atoms with E-state index in [0.29, 0.717) is 0 Å². The molecule has 1 N–H and O–H groups in total. The molecule has 21 heavy (non-hydrogen) atoms. The number of hydrogen-bond acceptors (Lipinski definition) is 3. The number of nitrogens with zero attached hydrogens (tertiary/aromatic N) is 2. The van der Waals surface area contributed by atoms with E-state index in [0.717, 1.165) is 5.56 Å². The Balaban J connectivity index is 2.43. The number of alkyl halides is 3. The fourth-order valence-corrected chi connectivity index (χ4v) is 2.15. The molecule has 0 unspecified atom stereocenters. The summed E-state index contributed by atoms with van der Waals surface area (Å²) < 4.78 is 39.4. The van der Waals surface area contributed by atoms with Crippen molar-refractivity contribution >= 4 is 11.6 Å². The molecule has 0 aromatic heterocycles. The van der Waals surface area contributed by atoms with Gasteiger partial charge in [0.15, 0.2) is 0 Å². The molecule has 0 radical (unpaired) electrons. The van der Waals surface area contributed by atoms with Crippen molar-refractivity contribution in [1.29, 1.82) is 0 Å². The number of hydrazone groups is 1. The van der Waals surface area contributed by atoms with E-state index < -0.39 is 24.2 Å². The van der Waals surface area contributed by atoms with Crippen molar-refractivity contribution in [2.75, 3.05) is 0 Å². The summed E-state index contributed by atoms with van der Waals surface area (Å²) in [7, 11) is 0. The molecule has 1 aliphatic rings. The number of aliphatic hydroxyl groups is 1. The van der Waals surface area contributed by atoms with Crippen molar-refractivity contribution in [1.82, 2.24) is 5.01 Å². The summed E-state index contributed by atoms with van der Waals surface area (Å²) in [4.78, 5) is 12.3. The lowest BCUT2D eigenvalue weighted by Gasteiger charge is -2.32. The quantitative estimate of drug-likeness (QED) is 0.913. The molecule has 0 saturated heterocycles. The van der Waals surface area contributed by atoms with Crippen molar-refractivity contribution in [3.63, 3.8) is 0 Å². The molecule has 1 amide bonds. The normalized spacial score (nSPS) is 22.4. The van der Waals surface area contributed by atoms with E-state index in [1.165, 1.54) is 12.1 Å². The zero-order valence-electron chi connectivity index (χ0n) is 11.6. The largest absolute Gasteiger partial charge is 0.438 e. The number of amides is 1. The summed E-state index contributed by atoms with van der Waals surface area (Å²) in [6.45, 7) is 3.34. The van der Waals surface area contributed by atoms with Crippen molar-refractivity contribution in [3.05, 3.63) is 35.4 Å². The van der Waals surface area contributed by atoms with Crippen LogP contribution in [-0.2, 0) is 0 Å². The van der Waals surface area contributed by atoms with Crippen molar-refractivity contribution in [2.45, 2.75) is 38.6 Å². The van der Waals surface area contributed by atoms with Gasteiger partial charge in [-0.1, -0.05) is 24.6 Å². The molecule has 0 saturated carbocycles. The van der Waals surface area contributed by atoms with E-state index in [2.05, 4.69) is 5.10 Å². The highest BCUT2D eigenvalue weighted by atomic mass is 19.4. The summed E-state index contributed by atoms with van der Waals surface area (Å²) in [5, 5.41) is 13.8. The molecule has 0 bridgehead atoms. The van der Waals surface area contributed by atoms with Gasteiger partial charge in [-0.3, -0.25) is 4.79 Å². The molecule has 1 aliphatic heterocycles. The highest BCUT2D eigenvalue weighted by Crippen LogP contribution is 2.41. The van der Waals surface area contributed by atoms with Gasteiger partial charge in [0.1, 0.15) is 0 Å². The Morgan fingerprint density at radius 2 is 2.14 bits per heavy atom. The smallest absolute Gasteiger partial charge is 0.362 e. The van der Waals surface area contributed by atoms with Crippen molar-refractivity contribution < 1.29 is 23.1 Å².